The van der Waals surface area contributed by atoms with Gasteiger partial charge in [0.05, 0.1) is 20.8 Å². The van der Waals surface area contributed by atoms with Crippen LogP contribution in [0.1, 0.15) is 6.42 Å². The summed E-state index contributed by atoms with van der Waals surface area (Å²) in [6.07, 6.45) is 0.392. The molecule has 0 spiro atoms. The van der Waals surface area contributed by atoms with E-state index in [0.29, 0.717) is 16.5 Å². The minimum Gasteiger partial charge on any atom is -0.119 e. The van der Waals surface area contributed by atoms with Gasteiger partial charge in [0.1, 0.15) is 9.75 Å². The molecule has 0 radical (unpaired) electrons. The second-order valence-electron chi connectivity index (χ2n) is 3.33. The molecule has 0 aromatic heterocycles. The van der Waals surface area contributed by atoms with E-state index in [1.165, 1.54) is 0 Å². The zero-order valence-corrected chi connectivity index (χ0v) is 10.7. The van der Waals surface area contributed by atoms with Crippen LogP contribution >= 0.6 is 69.6 Å². The van der Waals surface area contributed by atoms with E-state index in [4.69, 9.17) is 69.6 Å². The Morgan fingerprint density at radius 2 is 1.23 bits per heavy atom. The van der Waals surface area contributed by atoms with Gasteiger partial charge in [0, 0.05) is 0 Å². The highest BCUT2D eigenvalue weighted by atomic mass is 35.5. The summed E-state index contributed by atoms with van der Waals surface area (Å²) in [5, 5.41) is -0.294. The molecule has 1 fully saturated rings. The fourth-order valence-electron chi connectivity index (χ4n) is 1.80. The van der Waals surface area contributed by atoms with Crippen LogP contribution in [0.15, 0.2) is 10.1 Å². The van der Waals surface area contributed by atoms with Crippen LogP contribution in [0.5, 0.6) is 0 Å². The molecule has 74 valence electrons. The van der Waals surface area contributed by atoms with Gasteiger partial charge in [-0.05, 0) is 6.42 Å². The van der Waals surface area contributed by atoms with Crippen LogP contribution in [0.25, 0.3) is 0 Å². The molecule has 0 nitrogen and oxygen atoms in total. The summed E-state index contributed by atoms with van der Waals surface area (Å²) < 4.78 is 0. The molecule has 2 aliphatic rings. The average molecular weight is 301 g/mol. The number of allylic oxidation sites excluding steroid dienone is 2. The minimum absolute atomic E-state index is 0.336. The number of alkyl halides is 4. The highest BCUT2D eigenvalue weighted by Gasteiger charge is 2.68. The smallest absolute Gasteiger partial charge is 0.101 e. The third-order valence-electron chi connectivity index (χ3n) is 2.57. The van der Waals surface area contributed by atoms with E-state index in [9.17, 15) is 0 Å². The molecule has 4 atom stereocenters. The van der Waals surface area contributed by atoms with Gasteiger partial charge in [-0.1, -0.05) is 23.2 Å². The van der Waals surface area contributed by atoms with E-state index < -0.39 is 20.5 Å². The molecular weight excluding hydrogens is 297 g/mol. The molecule has 2 rings (SSSR count). The molecule has 0 heterocycles. The fraction of sp³-hybridized carbons (Fsp3) is 0.714. The Balaban J connectivity index is 2.58. The molecule has 2 aliphatic carbocycles. The van der Waals surface area contributed by atoms with Crippen molar-refractivity contribution in [1.29, 1.82) is 0 Å². The highest BCUT2D eigenvalue weighted by Crippen LogP contribution is 2.65. The van der Waals surface area contributed by atoms with Crippen molar-refractivity contribution in [3.63, 3.8) is 0 Å². The van der Waals surface area contributed by atoms with Crippen molar-refractivity contribution >= 4 is 69.6 Å². The lowest BCUT2D eigenvalue weighted by atomic mass is 10.1. The first kappa shape index (κ1) is 11.0. The van der Waals surface area contributed by atoms with Crippen LogP contribution in [-0.2, 0) is 0 Å². The Kier molecular flexibility index (Phi) is 2.53. The molecule has 1 saturated carbocycles. The molecular formula is C7H4Cl6. The molecule has 0 aromatic carbocycles. The van der Waals surface area contributed by atoms with E-state index >= 15 is 0 Å². The second-order valence-corrected chi connectivity index (χ2v) is 6.38. The maximum atomic E-state index is 6.20. The standard InChI is InChI=1S/C7H4Cl6/c8-2-3(9)7(13)1-6(2,12)4(10)5(7)11/h2-3H,1H2. The SMILES string of the molecule is ClC1=C(Cl)C2(Cl)CC1(Cl)C(Cl)C2Cl. The second kappa shape index (κ2) is 2.99. The van der Waals surface area contributed by atoms with Gasteiger partial charge in [0.15, 0.2) is 0 Å². The topological polar surface area (TPSA) is 0 Å². The monoisotopic (exact) mass is 298 g/mol. The third kappa shape index (κ3) is 1.14. The van der Waals surface area contributed by atoms with Gasteiger partial charge in [-0.25, -0.2) is 0 Å². The first-order chi connectivity index (χ1) is 5.84. The molecule has 0 amide bonds. The van der Waals surface area contributed by atoms with Gasteiger partial charge in [-0.15, -0.1) is 46.4 Å². The summed E-state index contributed by atoms with van der Waals surface area (Å²) in [4.78, 5) is -1.76. The number of hydrogen-bond donors (Lipinski definition) is 0. The Morgan fingerprint density at radius 1 is 0.923 bits per heavy atom. The normalized spacial score (nSPS) is 54.9. The molecule has 4 unspecified atom stereocenters. The van der Waals surface area contributed by atoms with Crippen molar-refractivity contribution in [2.75, 3.05) is 0 Å². The number of rotatable bonds is 0. The molecule has 13 heavy (non-hydrogen) atoms. The van der Waals surface area contributed by atoms with Gasteiger partial charge in [0.2, 0.25) is 0 Å². The lowest BCUT2D eigenvalue weighted by molar-refractivity contribution is 0.740. The van der Waals surface area contributed by atoms with Crippen molar-refractivity contribution in [3.05, 3.63) is 10.1 Å². The largest absolute Gasteiger partial charge is 0.119 e. The van der Waals surface area contributed by atoms with Crippen LogP contribution in [0.2, 0.25) is 0 Å². The lowest BCUT2D eigenvalue weighted by Crippen LogP contribution is -2.38. The third-order valence-corrected chi connectivity index (χ3v) is 6.63. The van der Waals surface area contributed by atoms with Gasteiger partial charge in [0.25, 0.3) is 0 Å². The Labute approximate surface area is 106 Å². The summed E-state index contributed by atoms with van der Waals surface area (Å²) >= 11 is 36.3. The van der Waals surface area contributed by atoms with Gasteiger partial charge in [-0.3, -0.25) is 0 Å². The van der Waals surface area contributed by atoms with Crippen LogP contribution in [0.3, 0.4) is 0 Å². The van der Waals surface area contributed by atoms with Crippen LogP contribution in [0.4, 0.5) is 0 Å². The zero-order chi connectivity index (χ0) is 10.0. The predicted molar refractivity (Wildman–Crippen MR) is 59.8 cm³/mol. The summed E-state index contributed by atoms with van der Waals surface area (Å²) in [6, 6.07) is 0. The van der Waals surface area contributed by atoms with Crippen molar-refractivity contribution in [2.24, 2.45) is 0 Å². The molecule has 2 bridgehead atoms. The van der Waals surface area contributed by atoms with Crippen molar-refractivity contribution in [3.8, 4) is 0 Å². The van der Waals surface area contributed by atoms with E-state index in [1.807, 2.05) is 0 Å². The summed E-state index contributed by atoms with van der Waals surface area (Å²) in [7, 11) is 0. The Bertz CT molecular complexity index is 271. The summed E-state index contributed by atoms with van der Waals surface area (Å²) in [5.41, 5.74) is 0. The van der Waals surface area contributed by atoms with Crippen molar-refractivity contribution in [1.82, 2.24) is 0 Å². The van der Waals surface area contributed by atoms with Gasteiger partial charge >= 0.3 is 0 Å². The van der Waals surface area contributed by atoms with Gasteiger partial charge < -0.3 is 0 Å². The molecule has 0 aliphatic heterocycles. The van der Waals surface area contributed by atoms with Gasteiger partial charge in [-0.2, -0.15) is 0 Å². The predicted octanol–water partition coefficient (Wildman–Crippen LogP) is 4.26. The van der Waals surface area contributed by atoms with Crippen molar-refractivity contribution in [2.45, 2.75) is 26.9 Å². The quantitative estimate of drug-likeness (QED) is 0.586. The number of halogens is 6. The van der Waals surface area contributed by atoms with E-state index in [2.05, 4.69) is 0 Å². The highest BCUT2D eigenvalue weighted by molar-refractivity contribution is 6.55. The Hall–Kier alpha value is 1.48. The van der Waals surface area contributed by atoms with Crippen LogP contribution in [-0.4, -0.2) is 20.5 Å². The minimum atomic E-state index is -0.881. The first-order valence-electron chi connectivity index (χ1n) is 3.56. The molecule has 0 aromatic rings. The van der Waals surface area contributed by atoms with Crippen LogP contribution in [0, 0.1) is 0 Å². The van der Waals surface area contributed by atoms with Crippen molar-refractivity contribution < 1.29 is 0 Å². The average Bonchev–Trinajstić information content (AvgIpc) is 2.36. The number of fused-ring (bicyclic) bond motifs is 2. The Morgan fingerprint density at radius 3 is 1.46 bits per heavy atom. The number of hydrogen-bond acceptors (Lipinski definition) is 0. The van der Waals surface area contributed by atoms with E-state index in [0.717, 1.165) is 0 Å². The maximum absolute atomic E-state index is 6.20. The fourth-order valence-corrected chi connectivity index (χ4v) is 4.57. The summed E-state index contributed by atoms with van der Waals surface area (Å²) in [5.74, 6) is 0. The molecule has 6 heteroatoms. The maximum Gasteiger partial charge on any atom is 0.101 e. The van der Waals surface area contributed by atoms with Crippen LogP contribution < -0.4 is 0 Å². The molecule has 0 N–H and O–H groups in total. The zero-order valence-electron chi connectivity index (χ0n) is 6.13. The molecule has 0 saturated heterocycles. The lowest BCUT2D eigenvalue weighted by Gasteiger charge is -2.29. The summed E-state index contributed by atoms with van der Waals surface area (Å²) in [6.45, 7) is 0. The van der Waals surface area contributed by atoms with E-state index in [-0.39, 0.29) is 0 Å². The first-order valence-corrected chi connectivity index (χ1v) is 5.94. The van der Waals surface area contributed by atoms with E-state index in [1.54, 1.807) is 0 Å².